The van der Waals surface area contributed by atoms with Crippen LogP contribution in [0.2, 0.25) is 0 Å². The number of hydrogen-bond donors (Lipinski definition) is 2. The Bertz CT molecular complexity index is 321. The van der Waals surface area contributed by atoms with E-state index in [0.29, 0.717) is 18.0 Å². The molecule has 13 heavy (non-hydrogen) atoms. The van der Waals surface area contributed by atoms with Gasteiger partial charge in [0.05, 0.1) is 6.61 Å². The van der Waals surface area contributed by atoms with E-state index in [-0.39, 0.29) is 0 Å². The first-order valence-corrected chi connectivity index (χ1v) is 4.08. The highest BCUT2D eigenvalue weighted by atomic mass is 16.5. The van der Waals surface area contributed by atoms with Crippen LogP contribution in [0.15, 0.2) is 18.2 Å². The Morgan fingerprint density at radius 3 is 2.77 bits per heavy atom. The van der Waals surface area contributed by atoms with Crippen molar-refractivity contribution in [1.29, 1.82) is 5.41 Å². The number of anilines is 1. The summed E-state index contributed by atoms with van der Waals surface area (Å²) in [6, 6.07) is 5.64. The summed E-state index contributed by atoms with van der Waals surface area (Å²) < 4.78 is 4.99. The van der Waals surface area contributed by atoms with E-state index >= 15 is 0 Å². The number of nitrogen functional groups attached to an aromatic ring is 1. The van der Waals surface area contributed by atoms with E-state index in [0.717, 1.165) is 11.1 Å². The van der Waals surface area contributed by atoms with Crippen LogP contribution in [0, 0.1) is 5.41 Å². The number of ether oxygens (including phenoxy) is 1. The molecule has 0 bridgehead atoms. The molecule has 0 aliphatic carbocycles. The lowest BCUT2D eigenvalue weighted by atomic mass is 10.0. The average molecular weight is 178 g/mol. The molecule has 0 aliphatic heterocycles. The molecule has 1 aromatic carbocycles. The van der Waals surface area contributed by atoms with Crippen molar-refractivity contribution < 1.29 is 4.74 Å². The monoisotopic (exact) mass is 178 g/mol. The quantitative estimate of drug-likeness (QED) is 0.547. The Morgan fingerprint density at radius 1 is 1.54 bits per heavy atom. The van der Waals surface area contributed by atoms with Crippen molar-refractivity contribution in [2.75, 3.05) is 12.8 Å². The van der Waals surface area contributed by atoms with Crippen LogP contribution >= 0.6 is 0 Å². The van der Waals surface area contributed by atoms with E-state index in [2.05, 4.69) is 0 Å². The molecule has 3 nitrogen and oxygen atoms in total. The Kier molecular flexibility index (Phi) is 3.03. The van der Waals surface area contributed by atoms with Crippen LogP contribution in [0.4, 0.5) is 5.69 Å². The summed E-state index contributed by atoms with van der Waals surface area (Å²) in [5, 5.41) is 7.48. The molecule has 3 N–H and O–H groups in total. The maximum atomic E-state index is 7.48. The number of para-hydroxylation sites is 1. The van der Waals surface area contributed by atoms with Gasteiger partial charge in [-0.25, -0.2) is 0 Å². The molecule has 1 aromatic rings. The third-order valence-corrected chi connectivity index (χ3v) is 1.90. The fraction of sp³-hybridized carbons (Fsp3) is 0.300. The second-order valence-corrected chi connectivity index (χ2v) is 2.94. The minimum atomic E-state index is 0.482. The third-order valence-electron chi connectivity index (χ3n) is 1.90. The zero-order chi connectivity index (χ0) is 9.84. The van der Waals surface area contributed by atoms with Crippen LogP contribution in [0.25, 0.3) is 0 Å². The fourth-order valence-corrected chi connectivity index (χ4v) is 1.22. The van der Waals surface area contributed by atoms with E-state index in [9.17, 15) is 0 Å². The first kappa shape index (κ1) is 9.74. The molecule has 0 amide bonds. The van der Waals surface area contributed by atoms with Gasteiger partial charge in [-0.3, -0.25) is 0 Å². The summed E-state index contributed by atoms with van der Waals surface area (Å²) in [5.41, 5.74) is 8.70. The molecule has 1 rings (SSSR count). The van der Waals surface area contributed by atoms with Gasteiger partial charge >= 0.3 is 0 Å². The summed E-state index contributed by atoms with van der Waals surface area (Å²) >= 11 is 0. The smallest absolute Gasteiger partial charge is 0.0733 e. The normalized spacial score (nSPS) is 10.0. The van der Waals surface area contributed by atoms with Gasteiger partial charge in [-0.05, 0) is 6.92 Å². The maximum Gasteiger partial charge on any atom is 0.0733 e. The van der Waals surface area contributed by atoms with Gasteiger partial charge < -0.3 is 15.9 Å². The minimum Gasteiger partial charge on any atom is -0.398 e. The number of rotatable bonds is 3. The van der Waals surface area contributed by atoms with E-state index in [1.165, 1.54) is 0 Å². The van der Waals surface area contributed by atoms with Crippen LogP contribution in [0.1, 0.15) is 18.1 Å². The molecule has 0 aromatic heterocycles. The van der Waals surface area contributed by atoms with Gasteiger partial charge in [0.15, 0.2) is 0 Å². The zero-order valence-electron chi connectivity index (χ0n) is 7.92. The second-order valence-electron chi connectivity index (χ2n) is 2.94. The van der Waals surface area contributed by atoms with Crippen LogP contribution in [-0.4, -0.2) is 12.8 Å². The number of benzene rings is 1. The van der Waals surface area contributed by atoms with Crippen molar-refractivity contribution >= 4 is 11.4 Å². The molecule has 3 heteroatoms. The van der Waals surface area contributed by atoms with Crippen molar-refractivity contribution in [2.24, 2.45) is 0 Å². The predicted octanol–water partition coefficient (Wildman–Crippen LogP) is 1.80. The summed E-state index contributed by atoms with van der Waals surface area (Å²) in [6.07, 6.45) is 0. The SMILES string of the molecule is COCc1cccc(C(C)=N)c1N. The molecule has 0 atom stereocenters. The molecular formula is C10H14N2O. The number of hydrogen-bond acceptors (Lipinski definition) is 3. The van der Waals surface area contributed by atoms with Crippen LogP contribution in [-0.2, 0) is 11.3 Å². The lowest BCUT2D eigenvalue weighted by Gasteiger charge is -2.08. The van der Waals surface area contributed by atoms with Crippen LogP contribution in [0.5, 0.6) is 0 Å². The summed E-state index contributed by atoms with van der Waals surface area (Å²) in [7, 11) is 1.63. The standard InChI is InChI=1S/C10H14N2O/c1-7(11)9-5-3-4-8(6-13-2)10(9)12/h3-5,11H,6,12H2,1-2H3. The Labute approximate surface area is 78.0 Å². The Morgan fingerprint density at radius 2 is 2.23 bits per heavy atom. The van der Waals surface area contributed by atoms with E-state index in [1.807, 2.05) is 18.2 Å². The molecule has 0 heterocycles. The average Bonchev–Trinajstić information content (AvgIpc) is 2.08. The molecule has 0 saturated heterocycles. The molecule has 70 valence electrons. The van der Waals surface area contributed by atoms with Crippen molar-refractivity contribution in [3.05, 3.63) is 29.3 Å². The molecule has 0 spiro atoms. The van der Waals surface area contributed by atoms with Gasteiger partial charge in [-0.1, -0.05) is 18.2 Å². The van der Waals surface area contributed by atoms with E-state index in [1.54, 1.807) is 14.0 Å². The fourth-order valence-electron chi connectivity index (χ4n) is 1.22. The van der Waals surface area contributed by atoms with Gasteiger partial charge in [0.25, 0.3) is 0 Å². The minimum absolute atomic E-state index is 0.482. The van der Waals surface area contributed by atoms with Gasteiger partial charge in [0, 0.05) is 29.6 Å². The van der Waals surface area contributed by atoms with Crippen molar-refractivity contribution in [1.82, 2.24) is 0 Å². The second kappa shape index (κ2) is 4.05. The molecule has 0 fully saturated rings. The number of nitrogens with one attached hydrogen (secondary N) is 1. The predicted molar refractivity (Wildman–Crippen MR) is 54.1 cm³/mol. The highest BCUT2D eigenvalue weighted by molar-refractivity contribution is 6.01. The summed E-state index contributed by atoms with van der Waals surface area (Å²) in [5.74, 6) is 0. The largest absolute Gasteiger partial charge is 0.398 e. The van der Waals surface area contributed by atoms with Gasteiger partial charge in [0.2, 0.25) is 0 Å². The molecule has 0 saturated carbocycles. The van der Waals surface area contributed by atoms with Crippen molar-refractivity contribution in [2.45, 2.75) is 13.5 Å². The lowest BCUT2D eigenvalue weighted by molar-refractivity contribution is 0.185. The van der Waals surface area contributed by atoms with Crippen molar-refractivity contribution in [3.63, 3.8) is 0 Å². The zero-order valence-corrected chi connectivity index (χ0v) is 7.92. The maximum absolute atomic E-state index is 7.48. The number of nitrogens with two attached hydrogens (primary N) is 1. The van der Waals surface area contributed by atoms with Gasteiger partial charge in [0.1, 0.15) is 0 Å². The van der Waals surface area contributed by atoms with Crippen molar-refractivity contribution in [3.8, 4) is 0 Å². The van der Waals surface area contributed by atoms with Gasteiger partial charge in [-0.2, -0.15) is 0 Å². The van der Waals surface area contributed by atoms with E-state index < -0.39 is 0 Å². The summed E-state index contributed by atoms with van der Waals surface area (Å²) in [4.78, 5) is 0. The Balaban J connectivity index is 3.10. The van der Waals surface area contributed by atoms with Gasteiger partial charge in [-0.15, -0.1) is 0 Å². The molecule has 0 radical (unpaired) electrons. The highest BCUT2D eigenvalue weighted by Gasteiger charge is 2.05. The topological polar surface area (TPSA) is 59.1 Å². The van der Waals surface area contributed by atoms with E-state index in [4.69, 9.17) is 15.9 Å². The number of methoxy groups -OCH3 is 1. The van der Waals surface area contributed by atoms with Crippen LogP contribution in [0.3, 0.4) is 0 Å². The highest BCUT2D eigenvalue weighted by Crippen LogP contribution is 2.18. The first-order chi connectivity index (χ1) is 6.16. The Hall–Kier alpha value is -1.35. The molecular weight excluding hydrogens is 164 g/mol. The third kappa shape index (κ3) is 2.06. The van der Waals surface area contributed by atoms with Crippen LogP contribution < -0.4 is 5.73 Å². The lowest BCUT2D eigenvalue weighted by Crippen LogP contribution is -2.03. The molecule has 0 aliphatic rings. The summed E-state index contributed by atoms with van der Waals surface area (Å²) in [6.45, 7) is 2.22. The molecule has 0 unspecified atom stereocenters. The first-order valence-electron chi connectivity index (χ1n) is 4.08.